The van der Waals surface area contributed by atoms with Crippen LogP contribution in [0, 0.1) is 0 Å². The summed E-state index contributed by atoms with van der Waals surface area (Å²) in [5.41, 5.74) is 7.48. The van der Waals surface area contributed by atoms with Crippen molar-refractivity contribution in [2.75, 3.05) is 11.1 Å². The molecule has 21 heavy (non-hydrogen) atoms. The highest BCUT2D eigenvalue weighted by Crippen LogP contribution is 2.24. The van der Waals surface area contributed by atoms with E-state index in [4.69, 9.17) is 10.5 Å². The predicted molar refractivity (Wildman–Crippen MR) is 83.2 cm³/mol. The van der Waals surface area contributed by atoms with Gasteiger partial charge in [-0.15, -0.1) is 0 Å². The van der Waals surface area contributed by atoms with Gasteiger partial charge in [-0.2, -0.15) is 0 Å². The van der Waals surface area contributed by atoms with Crippen molar-refractivity contribution >= 4 is 17.3 Å². The molecule has 0 aliphatic carbocycles. The van der Waals surface area contributed by atoms with Gasteiger partial charge in [-0.3, -0.25) is 9.78 Å². The Labute approximate surface area is 124 Å². The Balaban J connectivity index is 2.04. The van der Waals surface area contributed by atoms with Gasteiger partial charge in [0.1, 0.15) is 5.75 Å². The lowest BCUT2D eigenvalue weighted by atomic mass is 10.2. The van der Waals surface area contributed by atoms with Crippen molar-refractivity contribution in [2.45, 2.75) is 26.4 Å². The van der Waals surface area contributed by atoms with Gasteiger partial charge in [0.25, 0.3) is 0 Å². The second kappa shape index (κ2) is 6.74. The zero-order chi connectivity index (χ0) is 15.2. The van der Waals surface area contributed by atoms with Crippen LogP contribution in [0.1, 0.15) is 19.5 Å². The molecule has 110 valence electrons. The number of nitrogens with zero attached hydrogens (tertiary/aromatic N) is 1. The number of nitrogens with one attached hydrogen (secondary N) is 1. The molecule has 0 bridgehead atoms. The number of rotatable bonds is 5. The first-order valence-electron chi connectivity index (χ1n) is 6.80. The number of benzene rings is 1. The molecule has 0 unspecified atom stereocenters. The van der Waals surface area contributed by atoms with Crippen LogP contribution in [0.3, 0.4) is 0 Å². The van der Waals surface area contributed by atoms with Gasteiger partial charge in [-0.25, -0.2) is 0 Å². The van der Waals surface area contributed by atoms with Crippen molar-refractivity contribution in [1.82, 2.24) is 4.98 Å². The highest BCUT2D eigenvalue weighted by Gasteiger charge is 2.10. The maximum absolute atomic E-state index is 12.1. The largest absolute Gasteiger partial charge is 0.489 e. The van der Waals surface area contributed by atoms with Crippen LogP contribution < -0.4 is 15.8 Å². The molecule has 2 aromatic rings. The van der Waals surface area contributed by atoms with Gasteiger partial charge < -0.3 is 15.8 Å². The van der Waals surface area contributed by atoms with Crippen LogP contribution >= 0.6 is 0 Å². The fourth-order valence-corrected chi connectivity index (χ4v) is 1.83. The van der Waals surface area contributed by atoms with E-state index >= 15 is 0 Å². The number of carbonyl (C=O) groups is 1. The molecule has 1 amide bonds. The normalized spacial score (nSPS) is 10.4. The molecule has 5 nitrogen and oxygen atoms in total. The van der Waals surface area contributed by atoms with Crippen molar-refractivity contribution in [3.8, 4) is 5.75 Å². The number of nitrogens with two attached hydrogens (primary N) is 1. The molecular formula is C16H19N3O2. The van der Waals surface area contributed by atoms with Crippen LogP contribution in [-0.2, 0) is 11.2 Å². The Morgan fingerprint density at radius 3 is 2.71 bits per heavy atom. The summed E-state index contributed by atoms with van der Waals surface area (Å²) in [6.45, 7) is 3.88. The van der Waals surface area contributed by atoms with Crippen LogP contribution in [0.2, 0.25) is 0 Å². The number of hydrogen-bond donors (Lipinski definition) is 2. The van der Waals surface area contributed by atoms with E-state index in [0.29, 0.717) is 22.8 Å². The first-order valence-corrected chi connectivity index (χ1v) is 6.80. The Bertz CT molecular complexity index is 609. The summed E-state index contributed by atoms with van der Waals surface area (Å²) < 4.78 is 5.67. The number of aromatic nitrogens is 1. The SMILES string of the molecule is CC(C)Oc1ccccc1NC(=O)Cc1ccc(N)cn1. The summed E-state index contributed by atoms with van der Waals surface area (Å²) >= 11 is 0. The minimum atomic E-state index is -0.146. The van der Waals surface area contributed by atoms with E-state index < -0.39 is 0 Å². The highest BCUT2D eigenvalue weighted by atomic mass is 16.5. The van der Waals surface area contributed by atoms with Crippen molar-refractivity contribution in [2.24, 2.45) is 0 Å². The van der Waals surface area contributed by atoms with Crippen molar-refractivity contribution in [1.29, 1.82) is 0 Å². The van der Waals surface area contributed by atoms with E-state index in [1.165, 1.54) is 0 Å². The minimum absolute atomic E-state index is 0.0433. The quantitative estimate of drug-likeness (QED) is 0.885. The smallest absolute Gasteiger partial charge is 0.230 e. The van der Waals surface area contributed by atoms with E-state index in [9.17, 15) is 4.79 Å². The molecule has 3 N–H and O–H groups in total. The van der Waals surface area contributed by atoms with E-state index in [0.717, 1.165) is 0 Å². The first kappa shape index (κ1) is 14.8. The van der Waals surface area contributed by atoms with Gasteiger partial charge in [0.05, 0.1) is 30.1 Å². The lowest BCUT2D eigenvalue weighted by molar-refractivity contribution is -0.115. The number of ether oxygens (including phenoxy) is 1. The van der Waals surface area contributed by atoms with Crippen LogP contribution in [0.25, 0.3) is 0 Å². The Hall–Kier alpha value is -2.56. The molecule has 0 saturated heterocycles. The summed E-state index contributed by atoms with van der Waals surface area (Å²) in [4.78, 5) is 16.2. The summed E-state index contributed by atoms with van der Waals surface area (Å²) in [5.74, 6) is 0.512. The molecule has 0 aliphatic rings. The fraction of sp³-hybridized carbons (Fsp3) is 0.250. The van der Waals surface area contributed by atoms with Crippen LogP contribution in [0.15, 0.2) is 42.6 Å². The first-order chi connectivity index (χ1) is 10.0. The number of hydrogen-bond acceptors (Lipinski definition) is 4. The third kappa shape index (κ3) is 4.49. The second-order valence-corrected chi connectivity index (χ2v) is 4.97. The molecule has 5 heteroatoms. The molecule has 1 heterocycles. The van der Waals surface area contributed by atoms with Gasteiger partial charge >= 0.3 is 0 Å². The topological polar surface area (TPSA) is 77.2 Å². The molecule has 0 radical (unpaired) electrons. The lowest BCUT2D eigenvalue weighted by Crippen LogP contribution is -2.16. The van der Waals surface area contributed by atoms with Crippen molar-refractivity contribution < 1.29 is 9.53 Å². The number of amides is 1. The lowest BCUT2D eigenvalue weighted by Gasteiger charge is -2.14. The average molecular weight is 285 g/mol. The van der Waals surface area contributed by atoms with Gasteiger partial charge in [0.15, 0.2) is 0 Å². The van der Waals surface area contributed by atoms with Crippen molar-refractivity contribution in [3.05, 3.63) is 48.3 Å². The number of anilines is 2. The molecule has 1 aromatic heterocycles. The van der Waals surface area contributed by atoms with Crippen LogP contribution in [-0.4, -0.2) is 17.0 Å². The third-order valence-corrected chi connectivity index (χ3v) is 2.71. The van der Waals surface area contributed by atoms with E-state index in [1.54, 1.807) is 18.3 Å². The molecule has 0 atom stereocenters. The zero-order valence-corrected chi connectivity index (χ0v) is 12.2. The van der Waals surface area contributed by atoms with E-state index in [1.807, 2.05) is 38.1 Å². The molecule has 0 fully saturated rings. The third-order valence-electron chi connectivity index (χ3n) is 2.71. The minimum Gasteiger partial charge on any atom is -0.489 e. The summed E-state index contributed by atoms with van der Waals surface area (Å²) in [6.07, 6.45) is 1.77. The highest BCUT2D eigenvalue weighted by molar-refractivity contribution is 5.93. The zero-order valence-electron chi connectivity index (χ0n) is 12.2. The standard InChI is InChI=1S/C16H19N3O2/c1-11(2)21-15-6-4-3-5-14(15)19-16(20)9-13-8-7-12(17)10-18-13/h3-8,10-11H,9,17H2,1-2H3,(H,19,20). The molecule has 0 aliphatic heterocycles. The number of carbonyl (C=O) groups excluding carboxylic acids is 1. The molecular weight excluding hydrogens is 266 g/mol. The summed E-state index contributed by atoms with van der Waals surface area (Å²) in [5, 5.41) is 2.84. The van der Waals surface area contributed by atoms with Crippen molar-refractivity contribution in [3.63, 3.8) is 0 Å². The van der Waals surface area contributed by atoms with Gasteiger partial charge in [0.2, 0.25) is 5.91 Å². The van der Waals surface area contributed by atoms with Gasteiger partial charge in [-0.1, -0.05) is 12.1 Å². The molecule has 0 saturated carbocycles. The maximum atomic E-state index is 12.1. The number of pyridine rings is 1. The Morgan fingerprint density at radius 2 is 2.05 bits per heavy atom. The Kier molecular flexibility index (Phi) is 4.77. The second-order valence-electron chi connectivity index (χ2n) is 4.97. The Morgan fingerprint density at radius 1 is 1.29 bits per heavy atom. The number of nitrogen functional groups attached to an aromatic ring is 1. The summed E-state index contributed by atoms with van der Waals surface area (Å²) in [7, 11) is 0. The monoisotopic (exact) mass is 285 g/mol. The number of para-hydroxylation sites is 2. The predicted octanol–water partition coefficient (Wildman–Crippen LogP) is 2.63. The van der Waals surface area contributed by atoms with Gasteiger partial charge in [0, 0.05) is 5.69 Å². The van der Waals surface area contributed by atoms with E-state index in [2.05, 4.69) is 10.3 Å². The molecule has 1 aromatic carbocycles. The average Bonchev–Trinajstić information content (AvgIpc) is 2.43. The van der Waals surface area contributed by atoms with Crippen LogP contribution in [0.4, 0.5) is 11.4 Å². The fourth-order valence-electron chi connectivity index (χ4n) is 1.83. The molecule has 2 rings (SSSR count). The maximum Gasteiger partial charge on any atom is 0.230 e. The van der Waals surface area contributed by atoms with Gasteiger partial charge in [-0.05, 0) is 38.1 Å². The van der Waals surface area contributed by atoms with E-state index in [-0.39, 0.29) is 18.4 Å². The van der Waals surface area contributed by atoms with Crippen LogP contribution in [0.5, 0.6) is 5.75 Å². The molecule has 0 spiro atoms. The summed E-state index contributed by atoms with van der Waals surface area (Å²) in [6, 6.07) is 10.8.